The molecule has 1 heterocycles. The quantitative estimate of drug-likeness (QED) is 0.860. The van der Waals surface area contributed by atoms with Gasteiger partial charge in [0.05, 0.1) is 29.2 Å². The molecule has 0 saturated carbocycles. The molecule has 0 aliphatic rings. The SMILES string of the molecule is CCC(C)C(O)CNC(=O)c1cnn(-c2ccccc2)c1C. The summed E-state index contributed by atoms with van der Waals surface area (Å²) in [6.07, 6.45) is 1.91. The Bertz CT molecular complexity index is 622. The number of para-hydroxylation sites is 1. The van der Waals surface area contributed by atoms with Crippen molar-refractivity contribution in [3.63, 3.8) is 0 Å². The molecule has 0 fully saturated rings. The van der Waals surface area contributed by atoms with Gasteiger partial charge in [0.25, 0.3) is 5.91 Å². The Balaban J connectivity index is 2.07. The highest BCUT2D eigenvalue weighted by Crippen LogP contribution is 2.14. The largest absolute Gasteiger partial charge is 0.391 e. The molecule has 2 aromatic rings. The van der Waals surface area contributed by atoms with Crippen LogP contribution in [0.3, 0.4) is 0 Å². The van der Waals surface area contributed by atoms with E-state index in [9.17, 15) is 9.90 Å². The summed E-state index contributed by atoms with van der Waals surface area (Å²) in [5.41, 5.74) is 2.22. The molecule has 1 aromatic heterocycles. The van der Waals surface area contributed by atoms with Crippen molar-refractivity contribution in [2.45, 2.75) is 33.3 Å². The van der Waals surface area contributed by atoms with Crippen LogP contribution in [-0.4, -0.2) is 33.4 Å². The molecule has 0 saturated heterocycles. The van der Waals surface area contributed by atoms with E-state index in [1.165, 1.54) is 0 Å². The number of nitrogens with one attached hydrogen (secondary N) is 1. The van der Waals surface area contributed by atoms with E-state index in [0.717, 1.165) is 17.8 Å². The molecule has 22 heavy (non-hydrogen) atoms. The van der Waals surface area contributed by atoms with Crippen LogP contribution < -0.4 is 5.32 Å². The molecule has 118 valence electrons. The molecule has 0 radical (unpaired) electrons. The van der Waals surface area contributed by atoms with E-state index in [0.29, 0.717) is 5.56 Å². The summed E-state index contributed by atoms with van der Waals surface area (Å²) in [6, 6.07) is 9.67. The fourth-order valence-electron chi connectivity index (χ4n) is 2.23. The molecule has 1 aromatic carbocycles. The Labute approximate surface area is 131 Å². The molecule has 2 unspecified atom stereocenters. The highest BCUT2D eigenvalue weighted by Gasteiger charge is 2.17. The molecule has 5 heteroatoms. The summed E-state index contributed by atoms with van der Waals surface area (Å²) in [4.78, 5) is 12.2. The molecule has 5 nitrogen and oxygen atoms in total. The summed E-state index contributed by atoms with van der Waals surface area (Å²) >= 11 is 0. The van der Waals surface area contributed by atoms with E-state index < -0.39 is 6.10 Å². The summed E-state index contributed by atoms with van der Waals surface area (Å²) in [5, 5.41) is 17.0. The summed E-state index contributed by atoms with van der Waals surface area (Å²) in [6.45, 7) is 6.10. The molecule has 0 aliphatic carbocycles. The predicted molar refractivity (Wildman–Crippen MR) is 86.1 cm³/mol. The summed E-state index contributed by atoms with van der Waals surface area (Å²) in [5.74, 6) is -0.0459. The Morgan fingerprint density at radius 2 is 2.05 bits per heavy atom. The third-order valence-electron chi connectivity index (χ3n) is 4.03. The molecule has 0 spiro atoms. The number of rotatable bonds is 6. The minimum Gasteiger partial charge on any atom is -0.391 e. The Morgan fingerprint density at radius 1 is 1.36 bits per heavy atom. The van der Waals surface area contributed by atoms with E-state index >= 15 is 0 Å². The van der Waals surface area contributed by atoms with Crippen molar-refractivity contribution in [1.82, 2.24) is 15.1 Å². The zero-order valence-corrected chi connectivity index (χ0v) is 13.3. The molecule has 2 atom stereocenters. The van der Waals surface area contributed by atoms with Crippen molar-refractivity contribution >= 4 is 5.91 Å². The van der Waals surface area contributed by atoms with Crippen molar-refractivity contribution in [3.8, 4) is 5.69 Å². The number of nitrogens with zero attached hydrogens (tertiary/aromatic N) is 2. The van der Waals surface area contributed by atoms with E-state index in [2.05, 4.69) is 10.4 Å². The Morgan fingerprint density at radius 3 is 2.68 bits per heavy atom. The van der Waals surface area contributed by atoms with Gasteiger partial charge in [0, 0.05) is 6.54 Å². The number of hydrogen-bond donors (Lipinski definition) is 2. The topological polar surface area (TPSA) is 67.2 Å². The molecule has 2 rings (SSSR count). The average molecular weight is 301 g/mol. The maximum absolute atomic E-state index is 12.2. The second-order valence-electron chi connectivity index (χ2n) is 5.55. The fourth-order valence-corrected chi connectivity index (χ4v) is 2.23. The van der Waals surface area contributed by atoms with Crippen LogP contribution in [0.5, 0.6) is 0 Å². The fraction of sp³-hybridized carbons (Fsp3) is 0.412. The molecule has 0 bridgehead atoms. The minimum atomic E-state index is -0.529. The number of aliphatic hydroxyl groups excluding tert-OH is 1. The van der Waals surface area contributed by atoms with Gasteiger partial charge in [0.15, 0.2) is 0 Å². The van der Waals surface area contributed by atoms with Gasteiger partial charge < -0.3 is 10.4 Å². The van der Waals surface area contributed by atoms with Crippen LogP contribution in [0.15, 0.2) is 36.5 Å². The van der Waals surface area contributed by atoms with Crippen LogP contribution in [0.25, 0.3) is 5.69 Å². The lowest BCUT2D eigenvalue weighted by molar-refractivity contribution is 0.0849. The summed E-state index contributed by atoms with van der Waals surface area (Å²) in [7, 11) is 0. The van der Waals surface area contributed by atoms with Gasteiger partial charge in [-0.2, -0.15) is 5.10 Å². The van der Waals surface area contributed by atoms with Crippen molar-refractivity contribution < 1.29 is 9.90 Å². The van der Waals surface area contributed by atoms with Gasteiger partial charge in [-0.1, -0.05) is 38.5 Å². The third kappa shape index (κ3) is 3.54. The van der Waals surface area contributed by atoms with Crippen LogP contribution in [0.2, 0.25) is 0 Å². The maximum atomic E-state index is 12.2. The van der Waals surface area contributed by atoms with Gasteiger partial charge in [0.1, 0.15) is 0 Å². The second kappa shape index (κ2) is 7.22. The number of amides is 1. The van der Waals surface area contributed by atoms with Crippen molar-refractivity contribution in [1.29, 1.82) is 0 Å². The van der Waals surface area contributed by atoms with Crippen LogP contribution in [0, 0.1) is 12.8 Å². The maximum Gasteiger partial charge on any atom is 0.254 e. The number of carbonyl (C=O) groups is 1. The molecule has 1 amide bonds. The highest BCUT2D eigenvalue weighted by atomic mass is 16.3. The van der Waals surface area contributed by atoms with Crippen LogP contribution in [0.4, 0.5) is 0 Å². The molecular formula is C17H23N3O2. The number of aliphatic hydroxyl groups is 1. The number of carbonyl (C=O) groups excluding carboxylic acids is 1. The third-order valence-corrected chi connectivity index (χ3v) is 4.03. The highest BCUT2D eigenvalue weighted by molar-refractivity contribution is 5.95. The normalized spacial score (nSPS) is 13.6. The standard InChI is InChI=1S/C17H23N3O2/c1-4-12(2)16(21)11-18-17(22)15-10-19-20(13(15)3)14-8-6-5-7-9-14/h5-10,12,16,21H,4,11H2,1-3H3,(H,18,22). The van der Waals surface area contributed by atoms with E-state index in [1.807, 2.05) is 51.1 Å². The molecular weight excluding hydrogens is 278 g/mol. The van der Waals surface area contributed by atoms with Crippen molar-refractivity contribution in [2.24, 2.45) is 5.92 Å². The first-order valence-corrected chi connectivity index (χ1v) is 7.60. The first kappa shape index (κ1) is 16.2. The minimum absolute atomic E-state index is 0.161. The lowest BCUT2D eigenvalue weighted by atomic mass is 10.0. The zero-order chi connectivity index (χ0) is 16.1. The van der Waals surface area contributed by atoms with Gasteiger partial charge in [0.2, 0.25) is 0 Å². The first-order chi connectivity index (χ1) is 10.5. The Kier molecular flexibility index (Phi) is 5.33. The van der Waals surface area contributed by atoms with Gasteiger partial charge in [-0.05, 0) is 25.0 Å². The zero-order valence-electron chi connectivity index (χ0n) is 13.3. The Hall–Kier alpha value is -2.14. The van der Waals surface area contributed by atoms with Gasteiger partial charge >= 0.3 is 0 Å². The van der Waals surface area contributed by atoms with E-state index in [1.54, 1.807) is 10.9 Å². The van der Waals surface area contributed by atoms with Crippen LogP contribution >= 0.6 is 0 Å². The lowest BCUT2D eigenvalue weighted by Crippen LogP contribution is -2.35. The number of benzene rings is 1. The summed E-state index contributed by atoms with van der Waals surface area (Å²) < 4.78 is 1.74. The van der Waals surface area contributed by atoms with E-state index in [-0.39, 0.29) is 18.4 Å². The molecule has 2 N–H and O–H groups in total. The van der Waals surface area contributed by atoms with Crippen molar-refractivity contribution in [2.75, 3.05) is 6.54 Å². The van der Waals surface area contributed by atoms with E-state index in [4.69, 9.17) is 0 Å². The average Bonchev–Trinajstić information content (AvgIpc) is 2.94. The van der Waals surface area contributed by atoms with Crippen LogP contribution in [0.1, 0.15) is 36.3 Å². The first-order valence-electron chi connectivity index (χ1n) is 7.60. The second-order valence-corrected chi connectivity index (χ2v) is 5.55. The monoisotopic (exact) mass is 301 g/mol. The number of aromatic nitrogens is 2. The predicted octanol–water partition coefficient (Wildman–Crippen LogP) is 2.32. The van der Waals surface area contributed by atoms with Crippen LogP contribution in [-0.2, 0) is 0 Å². The van der Waals surface area contributed by atoms with Gasteiger partial charge in [-0.25, -0.2) is 4.68 Å². The lowest BCUT2D eigenvalue weighted by Gasteiger charge is -2.17. The number of hydrogen-bond acceptors (Lipinski definition) is 3. The van der Waals surface area contributed by atoms with Gasteiger partial charge in [-0.3, -0.25) is 4.79 Å². The van der Waals surface area contributed by atoms with Gasteiger partial charge in [-0.15, -0.1) is 0 Å². The molecule has 0 aliphatic heterocycles. The van der Waals surface area contributed by atoms with Crippen molar-refractivity contribution in [3.05, 3.63) is 47.8 Å². The smallest absolute Gasteiger partial charge is 0.254 e.